The second-order valence-corrected chi connectivity index (χ2v) is 23.1. The van der Waals surface area contributed by atoms with Gasteiger partial charge in [0.25, 0.3) is 0 Å². The predicted molar refractivity (Wildman–Crippen MR) is 362 cm³/mol. The van der Waals surface area contributed by atoms with Crippen molar-refractivity contribution in [3.63, 3.8) is 0 Å². The van der Waals surface area contributed by atoms with Crippen LogP contribution in [-0.4, -0.2) is 37.2 Å². The Kier molecular flexibility index (Phi) is 66.7. The number of esters is 3. The second-order valence-electron chi connectivity index (χ2n) is 23.1. The summed E-state index contributed by atoms with van der Waals surface area (Å²) in [5.74, 6) is -0.964. The number of carbonyl (C=O) groups is 3. The predicted octanol–water partition coefficient (Wildman–Crippen LogP) is 24.3. The van der Waals surface area contributed by atoms with Gasteiger partial charge in [-0.1, -0.05) is 303 Å². The maximum atomic E-state index is 12.9. The minimum absolute atomic E-state index is 0.104. The molecule has 0 fully saturated rings. The van der Waals surface area contributed by atoms with Crippen LogP contribution in [0.2, 0.25) is 0 Å². The highest BCUT2D eigenvalue weighted by molar-refractivity contribution is 5.71. The third-order valence-electron chi connectivity index (χ3n) is 14.9. The van der Waals surface area contributed by atoms with Gasteiger partial charge in [0.15, 0.2) is 6.10 Å². The van der Waals surface area contributed by atoms with Crippen molar-refractivity contribution >= 4 is 17.9 Å². The van der Waals surface area contributed by atoms with E-state index in [1.165, 1.54) is 173 Å². The van der Waals surface area contributed by atoms with E-state index < -0.39 is 6.10 Å². The molecule has 0 saturated carbocycles. The first kappa shape index (κ1) is 78.8. The van der Waals surface area contributed by atoms with Gasteiger partial charge in [-0.05, 0) is 128 Å². The van der Waals surface area contributed by atoms with Crippen LogP contribution in [0.3, 0.4) is 0 Å². The van der Waals surface area contributed by atoms with Crippen molar-refractivity contribution in [1.82, 2.24) is 0 Å². The first-order valence-electron chi connectivity index (χ1n) is 35.0. The molecule has 0 aromatic heterocycles. The highest BCUT2D eigenvalue weighted by Crippen LogP contribution is 2.16. The van der Waals surface area contributed by atoms with E-state index in [0.29, 0.717) is 19.3 Å². The third-order valence-corrected chi connectivity index (χ3v) is 14.9. The van der Waals surface area contributed by atoms with E-state index in [-0.39, 0.29) is 37.5 Å². The molecule has 6 nitrogen and oxygen atoms in total. The molecular formula is C77H130O6. The van der Waals surface area contributed by atoms with Crippen LogP contribution >= 0.6 is 0 Å². The van der Waals surface area contributed by atoms with Crippen LogP contribution in [-0.2, 0) is 28.6 Å². The Labute approximate surface area is 513 Å². The maximum absolute atomic E-state index is 12.9. The lowest BCUT2D eigenvalue weighted by Gasteiger charge is -2.18. The Morgan fingerprint density at radius 3 is 0.783 bits per heavy atom. The minimum Gasteiger partial charge on any atom is -0.462 e. The molecule has 1 unspecified atom stereocenters. The van der Waals surface area contributed by atoms with Crippen molar-refractivity contribution in [2.75, 3.05) is 13.2 Å². The van der Waals surface area contributed by atoms with Gasteiger partial charge >= 0.3 is 17.9 Å². The molecule has 0 N–H and O–H groups in total. The van der Waals surface area contributed by atoms with Crippen molar-refractivity contribution in [2.24, 2.45) is 0 Å². The Bertz CT molecular complexity index is 1700. The van der Waals surface area contributed by atoms with Crippen LogP contribution in [0, 0.1) is 0 Å². The molecule has 6 heteroatoms. The molecule has 0 aliphatic carbocycles. The Balaban J connectivity index is 4.41. The van der Waals surface area contributed by atoms with Crippen LogP contribution in [0.15, 0.2) is 122 Å². The lowest BCUT2D eigenvalue weighted by atomic mass is 10.0. The molecule has 474 valence electrons. The number of hydrogen-bond donors (Lipinski definition) is 0. The number of unbranched alkanes of at least 4 members (excludes halogenated alkanes) is 32. The zero-order valence-electron chi connectivity index (χ0n) is 54.4. The minimum atomic E-state index is -0.817. The molecule has 0 aliphatic rings. The fraction of sp³-hybridized carbons (Fsp3) is 0.701. The third kappa shape index (κ3) is 68.5. The molecule has 0 amide bonds. The van der Waals surface area contributed by atoms with Gasteiger partial charge in [-0.15, -0.1) is 0 Å². The molecule has 83 heavy (non-hydrogen) atoms. The van der Waals surface area contributed by atoms with Gasteiger partial charge in [-0.25, -0.2) is 0 Å². The van der Waals surface area contributed by atoms with Crippen LogP contribution in [0.4, 0.5) is 0 Å². The maximum Gasteiger partial charge on any atom is 0.306 e. The quantitative estimate of drug-likeness (QED) is 0.0261. The summed E-state index contributed by atoms with van der Waals surface area (Å²) in [5, 5.41) is 0. The Hall–Kier alpha value is -4.19. The van der Waals surface area contributed by atoms with Gasteiger partial charge in [0, 0.05) is 19.3 Å². The van der Waals surface area contributed by atoms with Crippen LogP contribution in [0.1, 0.15) is 329 Å². The Morgan fingerprint density at radius 1 is 0.253 bits per heavy atom. The van der Waals surface area contributed by atoms with Crippen molar-refractivity contribution in [3.8, 4) is 0 Å². The first-order chi connectivity index (χ1) is 41.0. The molecule has 1 atom stereocenters. The monoisotopic (exact) mass is 1150 g/mol. The fourth-order valence-corrected chi connectivity index (χ4v) is 9.69. The Morgan fingerprint density at radius 2 is 0.482 bits per heavy atom. The number of rotatable bonds is 63. The van der Waals surface area contributed by atoms with Crippen LogP contribution < -0.4 is 0 Å². The van der Waals surface area contributed by atoms with E-state index in [0.717, 1.165) is 109 Å². The molecular weight excluding hydrogens is 1020 g/mol. The zero-order valence-corrected chi connectivity index (χ0v) is 54.4. The average Bonchev–Trinajstić information content (AvgIpc) is 3.49. The van der Waals surface area contributed by atoms with Gasteiger partial charge in [-0.3, -0.25) is 14.4 Å². The molecule has 0 aromatic rings. The number of ether oxygens (including phenoxy) is 3. The molecule has 0 radical (unpaired) electrons. The SMILES string of the molecule is CC/C=C\C/C=C\C/C=C\C/C=C\C/C=C\C/C=C\C/C=C\CCCC(=O)OC(COC(=O)CCCCCCC/C=C\CCCCCCCC)COC(=O)CCCCCCCCCCCCCCCCC/C=C\C/C=C\CCCCCCC. The van der Waals surface area contributed by atoms with Crippen LogP contribution in [0.5, 0.6) is 0 Å². The zero-order chi connectivity index (χ0) is 59.9. The normalized spacial score (nSPS) is 12.9. The van der Waals surface area contributed by atoms with Crippen molar-refractivity contribution in [1.29, 1.82) is 0 Å². The standard InChI is InChI=1S/C77H130O6/c1-4-7-10-13-16-19-22-25-28-30-32-34-36-37-38-39-41-42-44-46-49-52-55-58-61-64-67-70-76(79)82-73-74(72-81-75(78)69-66-63-60-57-54-51-48-27-24-21-18-15-12-9-6-3)83-77(80)71-68-65-62-59-56-53-50-47-45-43-40-35-33-31-29-26-23-20-17-14-11-8-5-2/h8,11,17,20,22,25-27,29-30,32-33,35,43,45,48,50,53,59,62,74H,4-7,9-10,12-16,18-19,21,23-24,28,31,34,36-42,44,46-47,49,51-52,54-58,60-61,63-73H2,1-3H3/b11-8-,20-17-,25-22-,29-26-,32-30-,35-33-,45-43-,48-27-,53-50-,62-59-. The van der Waals surface area contributed by atoms with Gasteiger partial charge in [0.2, 0.25) is 0 Å². The summed E-state index contributed by atoms with van der Waals surface area (Å²) in [7, 11) is 0. The average molecular weight is 1150 g/mol. The van der Waals surface area contributed by atoms with E-state index >= 15 is 0 Å². The summed E-state index contributed by atoms with van der Waals surface area (Å²) < 4.78 is 16.9. The summed E-state index contributed by atoms with van der Waals surface area (Å²) in [6, 6.07) is 0. The summed E-state index contributed by atoms with van der Waals surface area (Å²) in [6.07, 6.45) is 98.0. The molecule has 0 aliphatic heterocycles. The molecule has 0 saturated heterocycles. The number of allylic oxidation sites excluding steroid dienone is 20. The smallest absolute Gasteiger partial charge is 0.306 e. The molecule has 0 bridgehead atoms. The molecule has 0 rings (SSSR count). The van der Waals surface area contributed by atoms with Gasteiger partial charge in [-0.2, -0.15) is 0 Å². The number of carbonyl (C=O) groups excluding carboxylic acids is 3. The van der Waals surface area contributed by atoms with E-state index in [2.05, 4.69) is 142 Å². The van der Waals surface area contributed by atoms with E-state index in [9.17, 15) is 14.4 Å². The lowest BCUT2D eigenvalue weighted by Crippen LogP contribution is -2.30. The summed E-state index contributed by atoms with van der Waals surface area (Å²) in [4.78, 5) is 38.4. The lowest BCUT2D eigenvalue weighted by molar-refractivity contribution is -0.167. The van der Waals surface area contributed by atoms with Crippen molar-refractivity contribution in [3.05, 3.63) is 122 Å². The highest BCUT2D eigenvalue weighted by Gasteiger charge is 2.19. The van der Waals surface area contributed by atoms with Crippen LogP contribution in [0.25, 0.3) is 0 Å². The first-order valence-corrected chi connectivity index (χ1v) is 35.0. The topological polar surface area (TPSA) is 78.9 Å². The molecule has 0 spiro atoms. The van der Waals surface area contributed by atoms with Gasteiger partial charge in [0.05, 0.1) is 0 Å². The van der Waals surface area contributed by atoms with E-state index in [1.807, 2.05) is 0 Å². The summed E-state index contributed by atoms with van der Waals surface area (Å²) >= 11 is 0. The van der Waals surface area contributed by atoms with E-state index in [4.69, 9.17) is 14.2 Å². The second kappa shape index (κ2) is 70.3. The van der Waals surface area contributed by atoms with Crippen molar-refractivity contribution < 1.29 is 28.6 Å². The number of hydrogen-bond acceptors (Lipinski definition) is 6. The molecule has 0 aromatic carbocycles. The van der Waals surface area contributed by atoms with E-state index in [1.54, 1.807) is 0 Å². The largest absolute Gasteiger partial charge is 0.462 e. The summed E-state index contributed by atoms with van der Waals surface area (Å²) in [6.45, 7) is 6.49. The van der Waals surface area contributed by atoms with Gasteiger partial charge in [0.1, 0.15) is 13.2 Å². The summed E-state index contributed by atoms with van der Waals surface area (Å²) in [5.41, 5.74) is 0. The van der Waals surface area contributed by atoms with Crippen molar-refractivity contribution in [2.45, 2.75) is 335 Å². The van der Waals surface area contributed by atoms with Gasteiger partial charge < -0.3 is 14.2 Å². The fourth-order valence-electron chi connectivity index (χ4n) is 9.69. The molecule has 0 heterocycles. The highest BCUT2D eigenvalue weighted by atomic mass is 16.6.